The minimum atomic E-state index is 1.21. The summed E-state index contributed by atoms with van der Waals surface area (Å²) in [4.78, 5) is 0. The predicted octanol–water partition coefficient (Wildman–Crippen LogP) is 14.8. The van der Waals surface area contributed by atoms with Crippen LogP contribution in [0.3, 0.4) is 0 Å². The minimum absolute atomic E-state index is 1.21. The van der Waals surface area contributed by atoms with Crippen molar-refractivity contribution in [3.05, 3.63) is 182 Å². The van der Waals surface area contributed by atoms with E-state index in [-0.39, 0.29) is 0 Å². The molecule has 0 amide bonds. The Morgan fingerprint density at radius 3 is 1.44 bits per heavy atom. The third-order valence-electron chi connectivity index (χ3n) is 9.91. The second-order valence-electron chi connectivity index (χ2n) is 12.8. The van der Waals surface area contributed by atoms with E-state index in [1.54, 1.807) is 0 Å². The molecule has 0 unspecified atom stereocenters. The average Bonchev–Trinajstić information content (AvgIpc) is 3.77. The van der Waals surface area contributed by atoms with Gasteiger partial charge in [0.15, 0.2) is 0 Å². The number of thiophene rings is 2. The zero-order valence-corrected chi connectivity index (χ0v) is 28.8. The molecule has 0 spiro atoms. The number of hydrogen-bond acceptors (Lipinski definition) is 2. The van der Waals surface area contributed by atoms with E-state index in [2.05, 4.69) is 182 Å². The van der Waals surface area contributed by atoms with Crippen LogP contribution < -0.4 is 0 Å². The molecule has 0 saturated carbocycles. The van der Waals surface area contributed by atoms with Crippen molar-refractivity contribution in [2.75, 3.05) is 0 Å². The van der Waals surface area contributed by atoms with Gasteiger partial charge >= 0.3 is 0 Å². The fourth-order valence-electron chi connectivity index (χ4n) is 7.54. The third kappa shape index (κ3) is 4.88. The zero-order chi connectivity index (χ0) is 33.0. The summed E-state index contributed by atoms with van der Waals surface area (Å²) >= 11 is 3.77. The minimum Gasteiger partial charge on any atom is -0.135 e. The van der Waals surface area contributed by atoms with E-state index >= 15 is 0 Å². The Kier molecular flexibility index (Phi) is 6.97. The first kappa shape index (κ1) is 29.1. The van der Waals surface area contributed by atoms with Crippen LogP contribution in [-0.4, -0.2) is 0 Å². The van der Waals surface area contributed by atoms with Gasteiger partial charge in [-0.15, -0.1) is 22.7 Å². The number of fused-ring (bicyclic) bond motifs is 6. The van der Waals surface area contributed by atoms with Crippen molar-refractivity contribution in [2.24, 2.45) is 0 Å². The molecule has 0 bridgehead atoms. The van der Waals surface area contributed by atoms with E-state index in [4.69, 9.17) is 0 Å². The Morgan fingerprint density at radius 2 is 0.740 bits per heavy atom. The Labute approximate surface area is 299 Å². The predicted molar refractivity (Wildman–Crippen MR) is 219 cm³/mol. The van der Waals surface area contributed by atoms with Crippen molar-refractivity contribution in [1.29, 1.82) is 0 Å². The fraction of sp³-hybridized carbons (Fsp3) is 0. The summed E-state index contributed by atoms with van der Waals surface area (Å²) in [6, 6.07) is 66.8. The summed E-state index contributed by atoms with van der Waals surface area (Å²) in [6.07, 6.45) is 0. The van der Waals surface area contributed by atoms with Crippen molar-refractivity contribution in [1.82, 2.24) is 0 Å². The van der Waals surface area contributed by atoms with Crippen LogP contribution in [0.2, 0.25) is 0 Å². The van der Waals surface area contributed by atoms with Crippen LogP contribution in [0, 0.1) is 0 Å². The van der Waals surface area contributed by atoms with Gasteiger partial charge in [0, 0.05) is 40.3 Å². The molecule has 10 rings (SSSR count). The first-order valence-electron chi connectivity index (χ1n) is 17.0. The third-order valence-corrected chi connectivity index (χ3v) is 12.2. The topological polar surface area (TPSA) is 0 Å². The van der Waals surface area contributed by atoms with Crippen molar-refractivity contribution in [3.63, 3.8) is 0 Å². The number of benzene rings is 8. The van der Waals surface area contributed by atoms with Crippen LogP contribution in [0.5, 0.6) is 0 Å². The van der Waals surface area contributed by atoms with E-state index in [9.17, 15) is 0 Å². The van der Waals surface area contributed by atoms with Gasteiger partial charge in [-0.3, -0.25) is 0 Å². The normalized spacial score (nSPS) is 11.6. The van der Waals surface area contributed by atoms with Crippen molar-refractivity contribution in [2.45, 2.75) is 0 Å². The molecule has 0 radical (unpaired) electrons. The summed E-state index contributed by atoms with van der Waals surface area (Å²) in [5.74, 6) is 0. The molecule has 0 nitrogen and oxygen atoms in total. The first-order chi connectivity index (χ1) is 24.8. The number of rotatable bonds is 5. The molecule has 2 aromatic heterocycles. The Morgan fingerprint density at radius 1 is 0.240 bits per heavy atom. The van der Waals surface area contributed by atoms with Crippen LogP contribution in [-0.2, 0) is 0 Å². The van der Waals surface area contributed by atoms with Crippen LogP contribution in [0.25, 0.3) is 96.0 Å². The second-order valence-corrected chi connectivity index (χ2v) is 15.0. The lowest BCUT2D eigenvalue weighted by Crippen LogP contribution is -1.88. The molecule has 8 aromatic carbocycles. The smallest absolute Gasteiger partial charge is 0.0367 e. The Bertz CT molecular complexity index is 2840. The Balaban J connectivity index is 1.13. The van der Waals surface area contributed by atoms with E-state index in [0.717, 1.165) is 0 Å². The monoisotopic (exact) mass is 670 g/mol. The van der Waals surface area contributed by atoms with Crippen LogP contribution in [0.4, 0.5) is 0 Å². The summed E-state index contributed by atoms with van der Waals surface area (Å²) < 4.78 is 5.31. The number of hydrogen-bond donors (Lipinski definition) is 0. The van der Waals surface area contributed by atoms with Gasteiger partial charge in [-0.2, -0.15) is 0 Å². The SMILES string of the molecule is c1ccc(-c2ccc(-c3ccc(-c4cc(-c5cccc6sc7ccccc7c56)cc5sc6ccccc6c45)cc3)cc2-c2ccccc2)cc1. The van der Waals surface area contributed by atoms with Gasteiger partial charge in [0.25, 0.3) is 0 Å². The molecule has 0 aliphatic rings. The lowest BCUT2D eigenvalue weighted by atomic mass is 9.90. The van der Waals surface area contributed by atoms with E-state index < -0.39 is 0 Å². The summed E-state index contributed by atoms with van der Waals surface area (Å²) in [5.41, 5.74) is 12.4. The van der Waals surface area contributed by atoms with Gasteiger partial charge in [0.2, 0.25) is 0 Å². The maximum absolute atomic E-state index is 2.43. The van der Waals surface area contributed by atoms with Crippen molar-refractivity contribution < 1.29 is 0 Å². The van der Waals surface area contributed by atoms with Crippen LogP contribution in [0.1, 0.15) is 0 Å². The first-order valence-corrected chi connectivity index (χ1v) is 18.6. The van der Waals surface area contributed by atoms with Gasteiger partial charge in [-0.1, -0.05) is 146 Å². The largest absolute Gasteiger partial charge is 0.135 e. The van der Waals surface area contributed by atoms with E-state index in [1.807, 2.05) is 22.7 Å². The van der Waals surface area contributed by atoms with E-state index in [0.29, 0.717) is 0 Å². The summed E-state index contributed by atoms with van der Waals surface area (Å²) in [7, 11) is 0. The van der Waals surface area contributed by atoms with Gasteiger partial charge in [-0.25, -0.2) is 0 Å². The lowest BCUT2D eigenvalue weighted by molar-refractivity contribution is 1.56. The van der Waals surface area contributed by atoms with Crippen molar-refractivity contribution >= 4 is 63.0 Å². The molecule has 50 heavy (non-hydrogen) atoms. The Hall–Kier alpha value is -5.80. The fourth-order valence-corrected chi connectivity index (χ4v) is 9.85. The van der Waals surface area contributed by atoms with Gasteiger partial charge in [0.05, 0.1) is 0 Å². The molecule has 2 heterocycles. The van der Waals surface area contributed by atoms with E-state index in [1.165, 1.54) is 96.0 Å². The van der Waals surface area contributed by atoms with Crippen LogP contribution in [0.15, 0.2) is 182 Å². The molecule has 2 heteroatoms. The zero-order valence-electron chi connectivity index (χ0n) is 27.1. The molecule has 0 N–H and O–H groups in total. The summed E-state index contributed by atoms with van der Waals surface area (Å²) in [5, 5.41) is 5.34. The molecule has 0 aliphatic carbocycles. The highest BCUT2D eigenvalue weighted by molar-refractivity contribution is 7.26. The maximum atomic E-state index is 2.43. The van der Waals surface area contributed by atoms with Crippen LogP contribution >= 0.6 is 22.7 Å². The highest BCUT2D eigenvalue weighted by Crippen LogP contribution is 2.46. The molecule has 234 valence electrons. The average molecular weight is 671 g/mol. The van der Waals surface area contributed by atoms with Crippen molar-refractivity contribution in [3.8, 4) is 55.6 Å². The van der Waals surface area contributed by atoms with Gasteiger partial charge in [0.1, 0.15) is 0 Å². The highest BCUT2D eigenvalue weighted by atomic mass is 32.1. The molecular formula is C48H30S2. The molecule has 0 atom stereocenters. The standard InChI is InChI=1S/C48H30S2/c1-3-12-32(13-4-1)37-27-26-35(28-41(37)33-14-5-2-6-15-33)31-22-24-34(25-23-31)42-29-36(30-46-48(42)40-17-8-10-20-44(40)50-46)38-18-11-21-45-47(38)39-16-7-9-19-43(39)49-45/h1-30H. The summed E-state index contributed by atoms with van der Waals surface area (Å²) in [6.45, 7) is 0. The quantitative estimate of drug-likeness (QED) is 0.171. The maximum Gasteiger partial charge on any atom is 0.0367 e. The molecule has 0 fully saturated rings. The molecular weight excluding hydrogens is 641 g/mol. The lowest BCUT2D eigenvalue weighted by Gasteiger charge is -2.14. The molecule has 0 saturated heterocycles. The highest BCUT2D eigenvalue weighted by Gasteiger charge is 2.17. The van der Waals surface area contributed by atoms with Gasteiger partial charge in [-0.05, 0) is 92.0 Å². The second kappa shape index (κ2) is 12.0. The molecule has 10 aromatic rings. The molecule has 0 aliphatic heterocycles. The van der Waals surface area contributed by atoms with Gasteiger partial charge < -0.3 is 0 Å².